The van der Waals surface area contributed by atoms with Crippen molar-refractivity contribution in [2.75, 3.05) is 12.3 Å². The number of thiophene rings is 2. The first-order valence-corrected chi connectivity index (χ1v) is 9.88. The lowest BCUT2D eigenvalue weighted by molar-refractivity contribution is 0.0533. The highest BCUT2D eigenvalue weighted by molar-refractivity contribution is 7.21. The second kappa shape index (κ2) is 6.90. The number of carbonyl (C=O) groups excluding carboxylic acids is 1. The summed E-state index contributed by atoms with van der Waals surface area (Å²) in [5.74, 6) is -0.398. The fourth-order valence-corrected chi connectivity index (χ4v) is 4.56. The molecule has 0 saturated carbocycles. The Labute approximate surface area is 158 Å². The third-order valence-electron chi connectivity index (χ3n) is 4.02. The summed E-state index contributed by atoms with van der Waals surface area (Å²) in [6.45, 7) is 2.09. The highest BCUT2D eigenvalue weighted by Crippen LogP contribution is 2.42. The lowest BCUT2D eigenvalue weighted by Gasteiger charge is -2.07. The maximum absolute atomic E-state index is 12.3. The molecule has 130 valence electrons. The number of pyridine rings is 1. The van der Waals surface area contributed by atoms with Crippen molar-refractivity contribution in [2.45, 2.75) is 6.92 Å². The first kappa shape index (κ1) is 16.8. The Morgan fingerprint density at radius 2 is 2.00 bits per heavy atom. The first-order chi connectivity index (χ1) is 12.7. The number of aromatic nitrogens is 1. The SMILES string of the molecule is CCOC(=O)c1sc2nc(-c3cccs3)cc(-c3ccccc3)c2c1N. The number of anilines is 1. The van der Waals surface area contributed by atoms with Crippen LogP contribution in [0.3, 0.4) is 0 Å². The highest BCUT2D eigenvalue weighted by atomic mass is 32.1. The van der Waals surface area contributed by atoms with E-state index in [-0.39, 0.29) is 0 Å². The van der Waals surface area contributed by atoms with Crippen molar-refractivity contribution >= 4 is 44.5 Å². The maximum Gasteiger partial charge on any atom is 0.350 e. The number of fused-ring (bicyclic) bond motifs is 1. The summed E-state index contributed by atoms with van der Waals surface area (Å²) in [5, 5.41) is 2.83. The fourth-order valence-electron chi connectivity index (χ4n) is 2.87. The Hall–Kier alpha value is -2.70. The Morgan fingerprint density at radius 3 is 2.69 bits per heavy atom. The van der Waals surface area contributed by atoms with Crippen LogP contribution in [-0.4, -0.2) is 17.6 Å². The molecule has 0 bridgehead atoms. The van der Waals surface area contributed by atoms with Gasteiger partial charge in [0.05, 0.1) is 22.9 Å². The zero-order valence-corrected chi connectivity index (χ0v) is 15.7. The Balaban J connectivity index is 2.01. The van der Waals surface area contributed by atoms with Gasteiger partial charge in [0, 0.05) is 5.39 Å². The van der Waals surface area contributed by atoms with Crippen molar-refractivity contribution in [1.82, 2.24) is 4.98 Å². The number of hydrogen-bond donors (Lipinski definition) is 1. The van der Waals surface area contributed by atoms with Crippen molar-refractivity contribution in [2.24, 2.45) is 0 Å². The van der Waals surface area contributed by atoms with Gasteiger partial charge in [-0.25, -0.2) is 9.78 Å². The van der Waals surface area contributed by atoms with E-state index in [0.29, 0.717) is 17.2 Å². The van der Waals surface area contributed by atoms with E-state index in [1.54, 1.807) is 18.3 Å². The van der Waals surface area contributed by atoms with Gasteiger partial charge in [-0.1, -0.05) is 36.4 Å². The number of carbonyl (C=O) groups is 1. The molecule has 0 aliphatic rings. The predicted molar refractivity (Wildman–Crippen MR) is 109 cm³/mol. The lowest BCUT2D eigenvalue weighted by atomic mass is 10.0. The molecule has 2 N–H and O–H groups in total. The number of nitrogens with zero attached hydrogens (tertiary/aromatic N) is 1. The van der Waals surface area contributed by atoms with Crippen molar-refractivity contribution < 1.29 is 9.53 Å². The van der Waals surface area contributed by atoms with Crippen LogP contribution in [0, 0.1) is 0 Å². The van der Waals surface area contributed by atoms with Crippen LogP contribution in [0.4, 0.5) is 5.69 Å². The molecular formula is C20H16N2O2S2. The normalized spacial score (nSPS) is 11.0. The van der Waals surface area contributed by atoms with Crippen molar-refractivity contribution in [1.29, 1.82) is 0 Å². The minimum absolute atomic E-state index is 0.311. The van der Waals surface area contributed by atoms with E-state index in [2.05, 4.69) is 0 Å². The molecule has 0 radical (unpaired) electrons. The summed E-state index contributed by atoms with van der Waals surface area (Å²) in [7, 11) is 0. The van der Waals surface area contributed by atoms with Crippen molar-refractivity contribution in [3.63, 3.8) is 0 Å². The van der Waals surface area contributed by atoms with Gasteiger partial charge in [-0.3, -0.25) is 0 Å². The molecule has 0 amide bonds. The van der Waals surface area contributed by atoms with E-state index in [9.17, 15) is 4.79 Å². The van der Waals surface area contributed by atoms with Crippen LogP contribution < -0.4 is 5.73 Å². The van der Waals surface area contributed by atoms with Crippen LogP contribution in [0.15, 0.2) is 53.9 Å². The average Bonchev–Trinajstić information content (AvgIpc) is 3.30. The molecular weight excluding hydrogens is 364 g/mol. The van der Waals surface area contributed by atoms with Crippen LogP contribution >= 0.6 is 22.7 Å². The van der Waals surface area contributed by atoms with Crippen molar-refractivity contribution in [3.05, 3.63) is 58.8 Å². The molecule has 4 rings (SSSR count). The average molecular weight is 380 g/mol. The molecule has 0 aliphatic carbocycles. The molecule has 26 heavy (non-hydrogen) atoms. The Kier molecular flexibility index (Phi) is 4.44. The monoisotopic (exact) mass is 380 g/mol. The predicted octanol–water partition coefficient (Wildman–Crippen LogP) is 5.45. The van der Waals surface area contributed by atoms with Crippen molar-refractivity contribution in [3.8, 4) is 21.7 Å². The van der Waals surface area contributed by atoms with E-state index in [4.69, 9.17) is 15.5 Å². The molecule has 0 atom stereocenters. The van der Waals surface area contributed by atoms with Gasteiger partial charge in [0.15, 0.2) is 0 Å². The quantitative estimate of drug-likeness (QED) is 0.478. The zero-order valence-electron chi connectivity index (χ0n) is 14.1. The van der Waals surface area contributed by atoms with E-state index < -0.39 is 5.97 Å². The van der Waals surface area contributed by atoms with E-state index in [1.165, 1.54) is 11.3 Å². The molecule has 0 aliphatic heterocycles. The third-order valence-corrected chi connectivity index (χ3v) is 5.99. The number of nitrogen functional groups attached to an aromatic ring is 1. The molecule has 4 nitrogen and oxygen atoms in total. The molecule has 6 heteroatoms. The van der Waals surface area contributed by atoms with Gasteiger partial charge < -0.3 is 10.5 Å². The first-order valence-electron chi connectivity index (χ1n) is 8.18. The molecule has 4 aromatic rings. The van der Waals surface area contributed by atoms with Gasteiger partial charge in [0.1, 0.15) is 9.71 Å². The van der Waals surface area contributed by atoms with Crippen LogP contribution in [0.25, 0.3) is 31.9 Å². The molecule has 0 saturated heterocycles. The van der Waals surface area contributed by atoms with Gasteiger partial charge >= 0.3 is 5.97 Å². The zero-order chi connectivity index (χ0) is 18.1. The van der Waals surface area contributed by atoms with Gasteiger partial charge in [0.2, 0.25) is 0 Å². The molecule has 1 aromatic carbocycles. The summed E-state index contributed by atoms with van der Waals surface area (Å²) in [6.07, 6.45) is 0. The second-order valence-corrected chi connectivity index (χ2v) is 7.59. The fraction of sp³-hybridized carbons (Fsp3) is 0.100. The molecule has 0 spiro atoms. The second-order valence-electron chi connectivity index (χ2n) is 5.64. The summed E-state index contributed by atoms with van der Waals surface area (Å²) < 4.78 is 5.15. The number of esters is 1. The smallest absolute Gasteiger partial charge is 0.350 e. The van der Waals surface area contributed by atoms with Crippen LogP contribution in [-0.2, 0) is 4.74 Å². The van der Waals surface area contributed by atoms with Crippen LogP contribution in [0.2, 0.25) is 0 Å². The number of nitrogens with two attached hydrogens (primary N) is 1. The summed E-state index contributed by atoms with van der Waals surface area (Å²) >= 11 is 2.92. The Bertz CT molecular complexity index is 1070. The summed E-state index contributed by atoms with van der Waals surface area (Å²) in [4.78, 5) is 19.3. The minimum Gasteiger partial charge on any atom is -0.462 e. The van der Waals surface area contributed by atoms with Gasteiger partial charge in [-0.2, -0.15) is 0 Å². The molecule has 0 unspecified atom stereocenters. The van der Waals surface area contributed by atoms with E-state index >= 15 is 0 Å². The molecule has 3 heterocycles. The maximum atomic E-state index is 12.3. The van der Waals surface area contributed by atoms with Crippen LogP contribution in [0.1, 0.15) is 16.6 Å². The van der Waals surface area contributed by atoms with Gasteiger partial charge in [0.25, 0.3) is 0 Å². The van der Waals surface area contributed by atoms with E-state index in [0.717, 1.165) is 31.9 Å². The summed E-state index contributed by atoms with van der Waals surface area (Å²) in [5.41, 5.74) is 9.68. The van der Waals surface area contributed by atoms with Gasteiger partial charge in [-0.05, 0) is 35.6 Å². The van der Waals surface area contributed by atoms with Crippen LogP contribution in [0.5, 0.6) is 0 Å². The van der Waals surface area contributed by atoms with Gasteiger partial charge in [-0.15, -0.1) is 22.7 Å². The number of rotatable bonds is 4. The molecule has 3 aromatic heterocycles. The summed E-state index contributed by atoms with van der Waals surface area (Å²) in [6, 6.07) is 16.1. The number of hydrogen-bond acceptors (Lipinski definition) is 6. The third kappa shape index (κ3) is 2.87. The number of ether oxygens (including phenoxy) is 1. The lowest BCUT2D eigenvalue weighted by Crippen LogP contribution is -2.04. The van der Waals surface area contributed by atoms with E-state index in [1.807, 2.05) is 53.9 Å². The molecule has 0 fully saturated rings. The minimum atomic E-state index is -0.398. The largest absolute Gasteiger partial charge is 0.462 e. The number of benzene rings is 1. The topological polar surface area (TPSA) is 65.2 Å². The Morgan fingerprint density at radius 1 is 1.19 bits per heavy atom. The standard InChI is InChI=1S/C20H16N2O2S2/c1-2-24-20(23)18-17(21)16-13(12-7-4-3-5-8-12)11-14(22-19(16)26-18)15-9-6-10-25-15/h3-11H,2,21H2,1H3. The highest BCUT2D eigenvalue weighted by Gasteiger charge is 2.22.